The van der Waals surface area contributed by atoms with E-state index in [0.717, 1.165) is 13.0 Å². The van der Waals surface area contributed by atoms with Gasteiger partial charge in [0.15, 0.2) is 0 Å². The van der Waals surface area contributed by atoms with Gasteiger partial charge in [-0.2, -0.15) is 0 Å². The van der Waals surface area contributed by atoms with E-state index >= 15 is 0 Å². The highest BCUT2D eigenvalue weighted by atomic mass is 16.5. The number of hydrogen-bond acceptors (Lipinski definition) is 2. The van der Waals surface area contributed by atoms with Gasteiger partial charge in [-0.05, 0) is 24.8 Å². The van der Waals surface area contributed by atoms with Crippen LogP contribution in [0.2, 0.25) is 0 Å². The molecule has 1 heterocycles. The SMILES string of the molecule is CC.CC1C=N/C=C\COCCC1. The van der Waals surface area contributed by atoms with Crippen LogP contribution < -0.4 is 0 Å². The molecule has 1 aliphatic heterocycles. The van der Waals surface area contributed by atoms with Gasteiger partial charge in [-0.1, -0.05) is 20.8 Å². The molecule has 0 fully saturated rings. The number of nitrogens with zero attached hydrogens (tertiary/aromatic N) is 1. The maximum absolute atomic E-state index is 5.30. The summed E-state index contributed by atoms with van der Waals surface area (Å²) in [5.74, 6) is 0.585. The maximum Gasteiger partial charge on any atom is 0.0665 e. The Morgan fingerprint density at radius 3 is 2.92 bits per heavy atom. The van der Waals surface area contributed by atoms with Crippen LogP contribution in [0.15, 0.2) is 17.3 Å². The van der Waals surface area contributed by atoms with Crippen LogP contribution in [0.3, 0.4) is 0 Å². The molecule has 2 nitrogen and oxygen atoms in total. The Kier molecular flexibility index (Phi) is 9.00. The second-order valence-electron chi connectivity index (χ2n) is 2.88. The second-order valence-corrected chi connectivity index (χ2v) is 2.88. The van der Waals surface area contributed by atoms with Crippen LogP contribution in [0.4, 0.5) is 0 Å². The molecule has 0 N–H and O–H groups in total. The Morgan fingerprint density at radius 1 is 1.38 bits per heavy atom. The van der Waals surface area contributed by atoms with Crippen molar-refractivity contribution in [1.82, 2.24) is 0 Å². The van der Waals surface area contributed by atoms with E-state index in [1.54, 1.807) is 0 Å². The topological polar surface area (TPSA) is 21.6 Å². The van der Waals surface area contributed by atoms with E-state index < -0.39 is 0 Å². The first-order valence-corrected chi connectivity index (χ1v) is 5.15. The van der Waals surface area contributed by atoms with Gasteiger partial charge in [-0.3, -0.25) is 4.99 Å². The van der Waals surface area contributed by atoms with E-state index in [-0.39, 0.29) is 0 Å². The molecule has 0 saturated heterocycles. The molecule has 1 rings (SSSR count). The minimum atomic E-state index is 0.585. The lowest BCUT2D eigenvalue weighted by atomic mass is 10.1. The van der Waals surface area contributed by atoms with Crippen molar-refractivity contribution in [1.29, 1.82) is 0 Å². The first kappa shape index (κ1) is 12.4. The molecule has 1 atom stereocenters. The fraction of sp³-hybridized carbons (Fsp3) is 0.727. The van der Waals surface area contributed by atoms with Crippen LogP contribution in [0, 0.1) is 5.92 Å². The summed E-state index contributed by atoms with van der Waals surface area (Å²) in [4.78, 5) is 4.13. The molecule has 2 heteroatoms. The fourth-order valence-electron chi connectivity index (χ4n) is 1.03. The normalized spacial score (nSPS) is 25.6. The van der Waals surface area contributed by atoms with Crippen molar-refractivity contribution >= 4 is 6.21 Å². The van der Waals surface area contributed by atoms with Gasteiger partial charge in [0.05, 0.1) is 6.61 Å². The summed E-state index contributed by atoms with van der Waals surface area (Å²) in [5, 5.41) is 0. The van der Waals surface area contributed by atoms with Crippen molar-refractivity contribution in [3.63, 3.8) is 0 Å². The number of rotatable bonds is 0. The van der Waals surface area contributed by atoms with Crippen molar-refractivity contribution in [2.24, 2.45) is 10.9 Å². The Hall–Kier alpha value is -0.630. The van der Waals surface area contributed by atoms with Crippen LogP contribution in [0.25, 0.3) is 0 Å². The smallest absolute Gasteiger partial charge is 0.0665 e. The van der Waals surface area contributed by atoms with Crippen molar-refractivity contribution in [3.05, 3.63) is 12.3 Å². The lowest BCUT2D eigenvalue weighted by molar-refractivity contribution is 0.156. The van der Waals surface area contributed by atoms with E-state index in [1.807, 2.05) is 32.3 Å². The lowest BCUT2D eigenvalue weighted by Crippen LogP contribution is -2.01. The maximum atomic E-state index is 5.30. The van der Waals surface area contributed by atoms with Crippen LogP contribution >= 0.6 is 0 Å². The minimum Gasteiger partial charge on any atom is -0.377 e. The summed E-state index contributed by atoms with van der Waals surface area (Å²) in [6, 6.07) is 0. The Labute approximate surface area is 81.7 Å². The third-order valence-electron chi connectivity index (χ3n) is 1.69. The van der Waals surface area contributed by atoms with Gasteiger partial charge in [0.1, 0.15) is 0 Å². The molecule has 0 aromatic carbocycles. The van der Waals surface area contributed by atoms with Crippen molar-refractivity contribution < 1.29 is 4.74 Å². The fourth-order valence-corrected chi connectivity index (χ4v) is 1.03. The highest BCUT2D eigenvalue weighted by Gasteiger charge is 1.97. The standard InChI is InChI=1S/C9H15NO.C2H6/c1-9-4-2-6-11-7-3-5-10-8-9;1-2/h3,5,8-9H,2,4,6-7H2,1H3;1-2H3/b5-3-,10-8?;. The summed E-state index contributed by atoms with van der Waals surface area (Å²) >= 11 is 0. The predicted octanol–water partition coefficient (Wildman–Crippen LogP) is 3.04. The average Bonchev–Trinajstić information content (AvgIpc) is 2.19. The zero-order chi connectivity index (χ0) is 9.94. The molecule has 0 spiro atoms. The van der Waals surface area contributed by atoms with Crippen molar-refractivity contribution in [2.45, 2.75) is 33.6 Å². The van der Waals surface area contributed by atoms with Gasteiger partial charge in [0, 0.05) is 19.0 Å². The molecule has 0 amide bonds. The molecule has 76 valence electrons. The molecule has 1 aliphatic rings. The monoisotopic (exact) mass is 183 g/mol. The minimum absolute atomic E-state index is 0.585. The predicted molar refractivity (Wildman–Crippen MR) is 58.2 cm³/mol. The van der Waals surface area contributed by atoms with Crippen LogP contribution in [-0.2, 0) is 4.74 Å². The highest BCUT2D eigenvalue weighted by Crippen LogP contribution is 2.03. The molecule has 0 radical (unpaired) electrons. The third-order valence-corrected chi connectivity index (χ3v) is 1.69. The van der Waals surface area contributed by atoms with Gasteiger partial charge >= 0.3 is 0 Å². The number of hydrogen-bond donors (Lipinski definition) is 0. The van der Waals surface area contributed by atoms with E-state index in [0.29, 0.717) is 12.5 Å². The van der Waals surface area contributed by atoms with Gasteiger partial charge in [-0.25, -0.2) is 0 Å². The van der Waals surface area contributed by atoms with Crippen LogP contribution in [-0.4, -0.2) is 19.4 Å². The molecule has 1 unspecified atom stereocenters. The molecular formula is C11H21NO. The second kappa shape index (κ2) is 9.46. The molecule has 0 aromatic rings. The van der Waals surface area contributed by atoms with Crippen LogP contribution in [0.5, 0.6) is 0 Å². The summed E-state index contributed by atoms with van der Waals surface area (Å²) in [5.41, 5.74) is 0. The van der Waals surface area contributed by atoms with Crippen LogP contribution in [0.1, 0.15) is 33.6 Å². The van der Waals surface area contributed by atoms with Gasteiger partial charge < -0.3 is 4.74 Å². The van der Waals surface area contributed by atoms with Gasteiger partial charge in [0.25, 0.3) is 0 Å². The van der Waals surface area contributed by atoms with E-state index in [9.17, 15) is 0 Å². The van der Waals surface area contributed by atoms with Gasteiger partial charge in [-0.15, -0.1) is 0 Å². The zero-order valence-electron chi connectivity index (χ0n) is 8.99. The van der Waals surface area contributed by atoms with E-state index in [4.69, 9.17) is 4.74 Å². The zero-order valence-corrected chi connectivity index (χ0v) is 8.99. The van der Waals surface area contributed by atoms with Crippen molar-refractivity contribution in [2.75, 3.05) is 13.2 Å². The molecule has 0 aliphatic carbocycles. The molecule has 0 aromatic heterocycles. The highest BCUT2D eigenvalue weighted by molar-refractivity contribution is 5.60. The Balaban J connectivity index is 0.000000671. The molecule has 13 heavy (non-hydrogen) atoms. The average molecular weight is 183 g/mol. The van der Waals surface area contributed by atoms with Crippen molar-refractivity contribution in [3.8, 4) is 0 Å². The molecular weight excluding hydrogens is 162 g/mol. The Morgan fingerprint density at radius 2 is 2.15 bits per heavy atom. The summed E-state index contributed by atoms with van der Waals surface area (Å²) in [6.45, 7) is 7.76. The first-order chi connectivity index (χ1) is 6.39. The molecule has 0 bridgehead atoms. The third kappa shape index (κ3) is 7.72. The first-order valence-electron chi connectivity index (χ1n) is 5.15. The molecule has 0 saturated carbocycles. The Bertz CT molecular complexity index is 152. The van der Waals surface area contributed by atoms with Gasteiger partial charge in [0.2, 0.25) is 0 Å². The quantitative estimate of drug-likeness (QED) is 0.565. The van der Waals surface area contributed by atoms with E-state index in [1.165, 1.54) is 6.42 Å². The largest absolute Gasteiger partial charge is 0.377 e. The summed E-state index contributed by atoms with van der Waals surface area (Å²) < 4.78 is 5.30. The van der Waals surface area contributed by atoms with E-state index in [2.05, 4.69) is 11.9 Å². The number of ether oxygens (including phenoxy) is 1. The summed E-state index contributed by atoms with van der Waals surface area (Å²) in [6.07, 6.45) is 8.07. The summed E-state index contributed by atoms with van der Waals surface area (Å²) in [7, 11) is 0. The number of aliphatic imine (C=N–C) groups is 1. The lowest BCUT2D eigenvalue weighted by Gasteiger charge is -2.06.